The summed E-state index contributed by atoms with van der Waals surface area (Å²) in [5.74, 6) is 0. The third kappa shape index (κ3) is 3.17. The molecule has 0 unspecified atom stereocenters. The molecule has 1 spiro atoms. The number of nitrogens with zero attached hydrogens (tertiary/aromatic N) is 2. The highest BCUT2D eigenvalue weighted by molar-refractivity contribution is 7.88. The van der Waals surface area contributed by atoms with Crippen LogP contribution in [0.4, 0.5) is 0 Å². The molecule has 6 heteroatoms. The predicted octanol–water partition coefficient (Wildman–Crippen LogP) is 2.06. The van der Waals surface area contributed by atoms with Crippen LogP contribution in [0.2, 0.25) is 0 Å². The SMILES string of the molecule is CS(=O)(=O)N1CCCC[C@@]12CCCN(Cc1ccoc1)C2. The summed E-state index contributed by atoms with van der Waals surface area (Å²) in [6, 6.07) is 1.98. The van der Waals surface area contributed by atoms with Gasteiger partial charge >= 0.3 is 0 Å². The summed E-state index contributed by atoms with van der Waals surface area (Å²) in [6.07, 6.45) is 9.97. The summed E-state index contributed by atoms with van der Waals surface area (Å²) >= 11 is 0. The van der Waals surface area contributed by atoms with Crippen molar-refractivity contribution in [2.24, 2.45) is 0 Å². The van der Waals surface area contributed by atoms with Crippen LogP contribution in [0.1, 0.15) is 37.7 Å². The van der Waals surface area contributed by atoms with Crippen molar-refractivity contribution in [2.75, 3.05) is 25.9 Å². The molecule has 0 bridgehead atoms. The number of likely N-dealkylation sites (tertiary alicyclic amines) is 1. The molecule has 0 saturated carbocycles. The van der Waals surface area contributed by atoms with Crippen molar-refractivity contribution >= 4 is 10.0 Å². The van der Waals surface area contributed by atoms with Crippen molar-refractivity contribution in [3.8, 4) is 0 Å². The number of piperidine rings is 2. The van der Waals surface area contributed by atoms with Crippen LogP contribution < -0.4 is 0 Å². The van der Waals surface area contributed by atoms with Crippen LogP contribution in [-0.4, -0.2) is 49.1 Å². The van der Waals surface area contributed by atoms with Crippen LogP contribution in [0.3, 0.4) is 0 Å². The van der Waals surface area contributed by atoms with E-state index in [9.17, 15) is 8.42 Å². The Morgan fingerprint density at radius 3 is 2.76 bits per heavy atom. The van der Waals surface area contributed by atoms with Gasteiger partial charge in [-0.05, 0) is 38.3 Å². The monoisotopic (exact) mass is 312 g/mol. The van der Waals surface area contributed by atoms with E-state index in [2.05, 4.69) is 4.90 Å². The maximum absolute atomic E-state index is 12.2. The summed E-state index contributed by atoms with van der Waals surface area (Å²) in [5, 5.41) is 0. The average Bonchev–Trinajstić information content (AvgIpc) is 2.91. The molecule has 2 aliphatic rings. The van der Waals surface area contributed by atoms with Gasteiger partial charge in [0, 0.05) is 30.7 Å². The zero-order valence-electron chi connectivity index (χ0n) is 12.6. The second-order valence-corrected chi connectivity index (χ2v) is 8.37. The number of sulfonamides is 1. The summed E-state index contributed by atoms with van der Waals surface area (Å²) in [5.41, 5.74) is 0.974. The van der Waals surface area contributed by atoms with Crippen molar-refractivity contribution in [3.63, 3.8) is 0 Å². The van der Waals surface area contributed by atoms with E-state index >= 15 is 0 Å². The highest BCUT2D eigenvalue weighted by atomic mass is 32.2. The molecule has 21 heavy (non-hydrogen) atoms. The van der Waals surface area contributed by atoms with E-state index < -0.39 is 10.0 Å². The van der Waals surface area contributed by atoms with Gasteiger partial charge in [-0.25, -0.2) is 8.42 Å². The highest BCUT2D eigenvalue weighted by Crippen LogP contribution is 2.38. The van der Waals surface area contributed by atoms with Crippen molar-refractivity contribution in [2.45, 2.75) is 44.2 Å². The zero-order chi connectivity index (χ0) is 14.9. The van der Waals surface area contributed by atoms with Crippen LogP contribution >= 0.6 is 0 Å². The lowest BCUT2D eigenvalue weighted by Crippen LogP contribution is -2.61. The van der Waals surface area contributed by atoms with Gasteiger partial charge in [-0.3, -0.25) is 4.90 Å². The number of hydrogen-bond acceptors (Lipinski definition) is 4. The van der Waals surface area contributed by atoms with Gasteiger partial charge in [-0.2, -0.15) is 4.31 Å². The van der Waals surface area contributed by atoms with Gasteiger partial charge in [-0.15, -0.1) is 0 Å². The summed E-state index contributed by atoms with van der Waals surface area (Å²) < 4.78 is 31.3. The van der Waals surface area contributed by atoms with Gasteiger partial charge < -0.3 is 4.42 Å². The van der Waals surface area contributed by atoms with Crippen LogP contribution in [0.5, 0.6) is 0 Å². The molecule has 2 aliphatic heterocycles. The van der Waals surface area contributed by atoms with Gasteiger partial charge in [0.15, 0.2) is 0 Å². The molecule has 0 aliphatic carbocycles. The molecular formula is C15H24N2O3S. The fourth-order valence-electron chi connectivity index (χ4n) is 3.98. The maximum Gasteiger partial charge on any atom is 0.211 e. The largest absolute Gasteiger partial charge is 0.472 e. The van der Waals surface area contributed by atoms with E-state index in [4.69, 9.17) is 4.42 Å². The quantitative estimate of drug-likeness (QED) is 0.857. The molecule has 3 heterocycles. The Morgan fingerprint density at radius 2 is 2.05 bits per heavy atom. The van der Waals surface area contributed by atoms with Crippen LogP contribution in [-0.2, 0) is 16.6 Å². The van der Waals surface area contributed by atoms with E-state index in [1.54, 1.807) is 16.8 Å². The second-order valence-electron chi connectivity index (χ2n) is 6.46. The van der Waals surface area contributed by atoms with E-state index in [0.29, 0.717) is 6.54 Å². The predicted molar refractivity (Wildman–Crippen MR) is 81.4 cm³/mol. The normalized spacial score (nSPS) is 29.0. The topological polar surface area (TPSA) is 53.8 Å². The number of rotatable bonds is 3. The third-order valence-electron chi connectivity index (χ3n) is 4.80. The Balaban J connectivity index is 1.79. The van der Waals surface area contributed by atoms with Crippen LogP contribution in [0.15, 0.2) is 23.0 Å². The molecule has 0 radical (unpaired) electrons. The smallest absolute Gasteiger partial charge is 0.211 e. The first-order chi connectivity index (χ1) is 10.00. The van der Waals surface area contributed by atoms with Gasteiger partial charge in [-0.1, -0.05) is 6.42 Å². The van der Waals surface area contributed by atoms with E-state index in [0.717, 1.165) is 57.3 Å². The Bertz CT molecular complexity index is 566. The van der Waals surface area contributed by atoms with Gasteiger partial charge in [0.2, 0.25) is 10.0 Å². The molecule has 0 N–H and O–H groups in total. The molecule has 1 aromatic heterocycles. The van der Waals surface area contributed by atoms with Gasteiger partial charge in [0.25, 0.3) is 0 Å². The van der Waals surface area contributed by atoms with E-state index in [1.165, 1.54) is 6.26 Å². The van der Waals surface area contributed by atoms with Crippen molar-refractivity contribution < 1.29 is 12.8 Å². The van der Waals surface area contributed by atoms with Gasteiger partial charge in [0.1, 0.15) is 0 Å². The molecule has 1 aromatic rings. The van der Waals surface area contributed by atoms with Crippen LogP contribution in [0, 0.1) is 0 Å². The minimum atomic E-state index is -3.13. The Labute approximate surface area is 127 Å². The lowest BCUT2D eigenvalue weighted by Gasteiger charge is -2.51. The van der Waals surface area contributed by atoms with E-state index in [-0.39, 0.29) is 5.54 Å². The lowest BCUT2D eigenvalue weighted by molar-refractivity contribution is 0.0336. The van der Waals surface area contributed by atoms with Crippen molar-refractivity contribution in [1.82, 2.24) is 9.21 Å². The minimum Gasteiger partial charge on any atom is -0.472 e. The first kappa shape index (κ1) is 15.1. The van der Waals surface area contributed by atoms with Crippen molar-refractivity contribution in [1.29, 1.82) is 0 Å². The molecule has 118 valence electrons. The molecule has 1 atom stereocenters. The Hall–Kier alpha value is -0.850. The lowest BCUT2D eigenvalue weighted by atomic mass is 9.81. The minimum absolute atomic E-state index is 0.187. The van der Waals surface area contributed by atoms with Crippen molar-refractivity contribution in [3.05, 3.63) is 24.2 Å². The molecular weight excluding hydrogens is 288 g/mol. The first-order valence-electron chi connectivity index (χ1n) is 7.71. The first-order valence-corrected chi connectivity index (χ1v) is 9.56. The summed E-state index contributed by atoms with van der Waals surface area (Å²) in [7, 11) is -3.13. The van der Waals surface area contributed by atoms with Gasteiger partial charge in [0.05, 0.1) is 18.8 Å². The summed E-state index contributed by atoms with van der Waals surface area (Å²) in [4.78, 5) is 2.37. The van der Waals surface area contributed by atoms with Crippen LogP contribution in [0.25, 0.3) is 0 Å². The fraction of sp³-hybridized carbons (Fsp3) is 0.733. The standard InChI is InChI=1S/C15H24N2O3S/c1-21(18,19)17-9-3-2-6-15(17)7-4-8-16(13-15)11-14-5-10-20-12-14/h5,10,12H,2-4,6-9,11,13H2,1H3/t15-/m0/s1. The fourth-order valence-corrected chi connectivity index (χ4v) is 5.38. The third-order valence-corrected chi connectivity index (χ3v) is 6.17. The molecule has 2 saturated heterocycles. The van der Waals surface area contributed by atoms with E-state index in [1.807, 2.05) is 6.07 Å². The Kier molecular flexibility index (Phi) is 4.12. The summed E-state index contributed by atoms with van der Waals surface area (Å²) in [6.45, 7) is 3.39. The average molecular weight is 312 g/mol. The highest BCUT2D eigenvalue weighted by Gasteiger charge is 2.45. The Morgan fingerprint density at radius 1 is 1.24 bits per heavy atom. The molecule has 3 rings (SSSR count). The zero-order valence-corrected chi connectivity index (χ0v) is 13.4. The molecule has 0 amide bonds. The second kappa shape index (κ2) is 5.74. The molecule has 0 aromatic carbocycles. The maximum atomic E-state index is 12.2. The molecule has 2 fully saturated rings. The number of furan rings is 1. The number of hydrogen-bond donors (Lipinski definition) is 0. The molecule has 5 nitrogen and oxygen atoms in total.